The van der Waals surface area contributed by atoms with Crippen molar-refractivity contribution in [1.82, 2.24) is 10.2 Å². The Morgan fingerprint density at radius 2 is 1.60 bits per heavy atom. The maximum atomic E-state index is 13.6. The summed E-state index contributed by atoms with van der Waals surface area (Å²) in [6.45, 7) is 7.89. The molecular formula is C32H38ClN5O4. The first kappa shape index (κ1) is 29.7. The van der Waals surface area contributed by atoms with Gasteiger partial charge in [-0.2, -0.15) is 0 Å². The molecule has 2 amide bonds. The van der Waals surface area contributed by atoms with Crippen molar-refractivity contribution >= 4 is 40.5 Å². The Balaban J connectivity index is 1.29. The number of nitrogens with zero attached hydrogens (tertiary/aromatic N) is 3. The second kappa shape index (κ2) is 14.4. The first-order valence-electron chi connectivity index (χ1n) is 14.4. The molecule has 2 fully saturated rings. The van der Waals surface area contributed by atoms with Gasteiger partial charge in [-0.3, -0.25) is 14.5 Å². The predicted octanol–water partition coefficient (Wildman–Crippen LogP) is 4.38. The van der Waals surface area contributed by atoms with Crippen LogP contribution in [0.3, 0.4) is 0 Å². The van der Waals surface area contributed by atoms with E-state index in [0.29, 0.717) is 28.4 Å². The molecule has 0 aromatic heterocycles. The molecule has 222 valence electrons. The Morgan fingerprint density at radius 1 is 0.857 bits per heavy atom. The van der Waals surface area contributed by atoms with E-state index in [1.807, 2.05) is 30.3 Å². The number of amides is 2. The highest BCUT2D eigenvalue weighted by molar-refractivity contribution is 6.31. The summed E-state index contributed by atoms with van der Waals surface area (Å²) in [6, 6.07) is 20.4. The fraction of sp³-hybridized carbons (Fsp3) is 0.375. The van der Waals surface area contributed by atoms with Gasteiger partial charge in [-0.05, 0) is 61.5 Å². The van der Waals surface area contributed by atoms with E-state index in [-0.39, 0.29) is 11.8 Å². The van der Waals surface area contributed by atoms with Gasteiger partial charge in [-0.15, -0.1) is 0 Å². The molecule has 0 unspecified atom stereocenters. The zero-order valence-electron chi connectivity index (χ0n) is 24.0. The highest BCUT2D eigenvalue weighted by Crippen LogP contribution is 2.31. The van der Waals surface area contributed by atoms with E-state index >= 15 is 0 Å². The van der Waals surface area contributed by atoms with Crippen LogP contribution in [0.15, 0.2) is 66.7 Å². The van der Waals surface area contributed by atoms with Gasteiger partial charge in [0.05, 0.1) is 31.6 Å². The topological polar surface area (TPSA) is 86.4 Å². The van der Waals surface area contributed by atoms with E-state index < -0.39 is 0 Å². The van der Waals surface area contributed by atoms with Gasteiger partial charge in [0, 0.05) is 67.8 Å². The normalized spacial score (nSPS) is 15.8. The molecule has 42 heavy (non-hydrogen) atoms. The lowest BCUT2D eigenvalue weighted by Gasteiger charge is -2.38. The van der Waals surface area contributed by atoms with Crippen molar-refractivity contribution in [2.75, 3.05) is 87.8 Å². The van der Waals surface area contributed by atoms with Crippen LogP contribution in [0.1, 0.15) is 27.1 Å². The minimum absolute atomic E-state index is 0.155. The van der Waals surface area contributed by atoms with Crippen LogP contribution in [0, 0.1) is 0 Å². The van der Waals surface area contributed by atoms with Gasteiger partial charge < -0.3 is 29.9 Å². The van der Waals surface area contributed by atoms with Crippen LogP contribution < -0.4 is 25.2 Å². The van der Waals surface area contributed by atoms with Gasteiger partial charge in [-0.1, -0.05) is 29.8 Å². The van der Waals surface area contributed by atoms with Gasteiger partial charge in [-0.25, -0.2) is 0 Å². The number of para-hydroxylation sites is 2. The highest BCUT2D eigenvalue weighted by atomic mass is 35.5. The summed E-state index contributed by atoms with van der Waals surface area (Å²) in [5.74, 6) is 0.411. The lowest BCUT2D eigenvalue weighted by Crippen LogP contribution is -2.47. The van der Waals surface area contributed by atoms with Gasteiger partial charge in [0.25, 0.3) is 11.8 Å². The molecule has 0 aliphatic carbocycles. The van der Waals surface area contributed by atoms with Gasteiger partial charge in [0.2, 0.25) is 0 Å². The van der Waals surface area contributed by atoms with Crippen LogP contribution in [-0.4, -0.2) is 89.4 Å². The van der Waals surface area contributed by atoms with Crippen molar-refractivity contribution < 1.29 is 19.1 Å². The van der Waals surface area contributed by atoms with Crippen LogP contribution in [-0.2, 0) is 4.74 Å². The summed E-state index contributed by atoms with van der Waals surface area (Å²) >= 11 is 6.08. The van der Waals surface area contributed by atoms with Gasteiger partial charge >= 0.3 is 0 Å². The Bertz CT molecular complexity index is 1370. The summed E-state index contributed by atoms with van der Waals surface area (Å²) in [5.41, 5.74) is 3.46. The third-order valence-electron chi connectivity index (χ3n) is 7.67. The molecule has 0 atom stereocenters. The van der Waals surface area contributed by atoms with Gasteiger partial charge in [0.15, 0.2) is 0 Å². The number of nitrogens with one attached hydrogen (secondary N) is 2. The zero-order chi connectivity index (χ0) is 29.3. The van der Waals surface area contributed by atoms with Crippen LogP contribution in [0.2, 0.25) is 5.02 Å². The molecule has 2 aliphatic rings. The van der Waals surface area contributed by atoms with E-state index in [4.69, 9.17) is 21.1 Å². The van der Waals surface area contributed by atoms with Crippen molar-refractivity contribution in [3.63, 3.8) is 0 Å². The second-order valence-electron chi connectivity index (χ2n) is 10.4. The third kappa shape index (κ3) is 7.53. The van der Waals surface area contributed by atoms with E-state index in [9.17, 15) is 9.59 Å². The maximum absolute atomic E-state index is 13.6. The van der Waals surface area contributed by atoms with Crippen LogP contribution >= 0.6 is 11.6 Å². The number of piperazine rings is 1. The summed E-state index contributed by atoms with van der Waals surface area (Å²) in [7, 11) is 1.69. The number of halogens is 1. The SMILES string of the molecule is COc1ccccc1N1CCN(c2ccc(NC(=O)c3cccc(Cl)c3)cc2C(=O)NCCCN2CCOCC2)CC1. The molecule has 0 saturated carbocycles. The monoisotopic (exact) mass is 591 g/mol. The summed E-state index contributed by atoms with van der Waals surface area (Å²) < 4.78 is 11.0. The summed E-state index contributed by atoms with van der Waals surface area (Å²) in [5, 5.41) is 6.52. The average Bonchev–Trinajstić information content (AvgIpc) is 3.03. The number of hydrogen-bond donors (Lipinski definition) is 2. The fourth-order valence-electron chi connectivity index (χ4n) is 5.41. The number of carbonyl (C=O) groups excluding carboxylic acids is 2. The van der Waals surface area contributed by atoms with Gasteiger partial charge in [0.1, 0.15) is 5.75 Å². The smallest absolute Gasteiger partial charge is 0.255 e. The molecule has 2 heterocycles. The van der Waals surface area contributed by atoms with Crippen LogP contribution in [0.5, 0.6) is 5.75 Å². The number of ether oxygens (including phenoxy) is 2. The highest BCUT2D eigenvalue weighted by Gasteiger charge is 2.24. The predicted molar refractivity (Wildman–Crippen MR) is 167 cm³/mol. The number of methoxy groups -OCH3 is 1. The maximum Gasteiger partial charge on any atom is 0.255 e. The number of benzene rings is 3. The molecule has 5 rings (SSSR count). The lowest BCUT2D eigenvalue weighted by molar-refractivity contribution is 0.0374. The molecule has 2 aliphatic heterocycles. The van der Waals surface area contributed by atoms with Crippen molar-refractivity contribution in [3.8, 4) is 5.75 Å². The Labute approximate surface area is 252 Å². The lowest BCUT2D eigenvalue weighted by atomic mass is 10.1. The first-order valence-corrected chi connectivity index (χ1v) is 14.8. The molecule has 0 spiro atoms. The van der Waals surface area contributed by atoms with E-state index in [0.717, 1.165) is 82.6 Å². The third-order valence-corrected chi connectivity index (χ3v) is 7.91. The van der Waals surface area contributed by atoms with Crippen LogP contribution in [0.4, 0.5) is 17.1 Å². The molecule has 0 bridgehead atoms. The quantitative estimate of drug-likeness (QED) is 0.339. The Kier molecular flexibility index (Phi) is 10.2. The average molecular weight is 592 g/mol. The first-order chi connectivity index (χ1) is 20.5. The van der Waals surface area contributed by atoms with Crippen molar-refractivity contribution in [1.29, 1.82) is 0 Å². The minimum atomic E-state index is -0.285. The summed E-state index contributed by atoms with van der Waals surface area (Å²) in [6.07, 6.45) is 0.851. The molecule has 2 N–H and O–H groups in total. The number of anilines is 3. The van der Waals surface area contributed by atoms with Crippen molar-refractivity contribution in [2.24, 2.45) is 0 Å². The minimum Gasteiger partial charge on any atom is -0.495 e. The van der Waals surface area contributed by atoms with Crippen molar-refractivity contribution in [2.45, 2.75) is 6.42 Å². The Hall–Kier alpha value is -3.79. The molecule has 10 heteroatoms. The van der Waals surface area contributed by atoms with E-state index in [1.54, 1.807) is 37.4 Å². The van der Waals surface area contributed by atoms with Crippen molar-refractivity contribution in [3.05, 3.63) is 82.9 Å². The number of rotatable bonds is 10. The second-order valence-corrected chi connectivity index (χ2v) is 10.8. The molecule has 3 aromatic rings. The molecule has 0 radical (unpaired) electrons. The van der Waals surface area contributed by atoms with E-state index in [2.05, 4.69) is 31.4 Å². The number of hydrogen-bond acceptors (Lipinski definition) is 7. The molecule has 9 nitrogen and oxygen atoms in total. The number of morpholine rings is 1. The molecule has 3 aromatic carbocycles. The van der Waals surface area contributed by atoms with Crippen LogP contribution in [0.25, 0.3) is 0 Å². The molecule has 2 saturated heterocycles. The standard InChI is InChI=1S/C32H38ClN5O4/c1-41-30-9-3-2-8-29(30)38-16-14-37(15-17-38)28-11-10-26(35-31(39)24-6-4-7-25(33)22-24)23-27(28)32(40)34-12-5-13-36-18-20-42-21-19-36/h2-4,6-11,22-23H,5,12-21H2,1H3,(H,34,40)(H,35,39). The summed E-state index contributed by atoms with van der Waals surface area (Å²) in [4.78, 5) is 33.4. The largest absolute Gasteiger partial charge is 0.495 e. The van der Waals surface area contributed by atoms with E-state index in [1.165, 1.54) is 0 Å². The zero-order valence-corrected chi connectivity index (χ0v) is 24.7. The number of carbonyl (C=O) groups is 2. The molecular weight excluding hydrogens is 554 g/mol. The fourth-order valence-corrected chi connectivity index (χ4v) is 5.60. The Morgan fingerprint density at radius 3 is 2.33 bits per heavy atom.